The van der Waals surface area contributed by atoms with E-state index < -0.39 is 0 Å². The third kappa shape index (κ3) is 4.90. The number of hydrogen-bond acceptors (Lipinski definition) is 4. The summed E-state index contributed by atoms with van der Waals surface area (Å²) >= 11 is 6.20. The molecule has 6 nitrogen and oxygen atoms in total. The number of nitrogens with zero attached hydrogens (tertiary/aromatic N) is 2. The lowest BCUT2D eigenvalue weighted by atomic mass is 10.1. The van der Waals surface area contributed by atoms with Crippen LogP contribution in [-0.4, -0.2) is 28.5 Å². The number of ether oxygens (including phenoxy) is 2. The van der Waals surface area contributed by atoms with Gasteiger partial charge in [0.1, 0.15) is 5.65 Å². The molecule has 0 fully saturated rings. The summed E-state index contributed by atoms with van der Waals surface area (Å²) in [6.45, 7) is 6.85. The minimum atomic E-state index is -0.230. The molecular weight excluding hydrogens is 390 g/mol. The molecule has 0 unspecified atom stereocenters. The fourth-order valence-electron chi connectivity index (χ4n) is 2.97. The molecule has 1 amide bonds. The van der Waals surface area contributed by atoms with Gasteiger partial charge in [-0.3, -0.25) is 9.20 Å². The third-order valence-corrected chi connectivity index (χ3v) is 4.62. The predicted molar refractivity (Wildman–Crippen MR) is 115 cm³/mol. The van der Waals surface area contributed by atoms with Gasteiger partial charge in [-0.1, -0.05) is 23.7 Å². The molecule has 0 spiro atoms. The van der Waals surface area contributed by atoms with Gasteiger partial charge in [0.05, 0.1) is 24.9 Å². The Kier molecular flexibility index (Phi) is 6.77. The lowest BCUT2D eigenvalue weighted by Gasteiger charge is -2.17. The highest BCUT2D eigenvalue weighted by molar-refractivity contribution is 6.31. The van der Waals surface area contributed by atoms with E-state index in [-0.39, 0.29) is 11.9 Å². The first-order valence-corrected chi connectivity index (χ1v) is 9.92. The lowest BCUT2D eigenvalue weighted by Crippen LogP contribution is -2.24. The average Bonchev–Trinajstić information content (AvgIpc) is 3.03. The zero-order valence-electron chi connectivity index (χ0n) is 16.7. The van der Waals surface area contributed by atoms with Gasteiger partial charge in [0.25, 0.3) is 0 Å². The first kappa shape index (κ1) is 20.7. The fraction of sp³-hybridized carbons (Fsp3) is 0.273. The molecule has 152 valence electrons. The molecule has 0 saturated carbocycles. The molecule has 29 heavy (non-hydrogen) atoms. The molecule has 0 radical (unpaired) electrons. The maximum atomic E-state index is 12.4. The molecule has 0 aliphatic heterocycles. The Morgan fingerprint density at radius 1 is 1.21 bits per heavy atom. The second-order valence-corrected chi connectivity index (χ2v) is 6.71. The van der Waals surface area contributed by atoms with Gasteiger partial charge < -0.3 is 14.8 Å². The van der Waals surface area contributed by atoms with Gasteiger partial charge in [-0.15, -0.1) is 0 Å². The number of halogens is 1. The fourth-order valence-corrected chi connectivity index (χ4v) is 3.21. The van der Waals surface area contributed by atoms with Gasteiger partial charge in [-0.25, -0.2) is 4.98 Å². The van der Waals surface area contributed by atoms with E-state index in [1.165, 1.54) is 6.08 Å². The van der Waals surface area contributed by atoms with Crippen LogP contribution in [0.25, 0.3) is 11.7 Å². The molecule has 1 atom stereocenters. The summed E-state index contributed by atoms with van der Waals surface area (Å²) in [5, 5.41) is 3.30. The molecule has 3 rings (SSSR count). The summed E-state index contributed by atoms with van der Waals surface area (Å²) < 4.78 is 13.1. The molecule has 0 aliphatic carbocycles. The van der Waals surface area contributed by atoms with E-state index in [1.54, 1.807) is 6.08 Å². The van der Waals surface area contributed by atoms with Crippen LogP contribution in [0.2, 0.25) is 5.15 Å². The highest BCUT2D eigenvalue weighted by atomic mass is 35.5. The molecule has 1 aromatic carbocycles. The van der Waals surface area contributed by atoms with Crippen LogP contribution in [0.3, 0.4) is 0 Å². The van der Waals surface area contributed by atoms with Gasteiger partial charge in [0.2, 0.25) is 5.91 Å². The molecule has 1 N–H and O–H groups in total. The number of pyridine rings is 1. The number of hydrogen-bond donors (Lipinski definition) is 1. The summed E-state index contributed by atoms with van der Waals surface area (Å²) in [7, 11) is 0. The average molecular weight is 414 g/mol. The Balaban J connectivity index is 1.72. The number of rotatable bonds is 8. The molecule has 0 saturated heterocycles. The SMILES string of the molecule is CCOc1ccc([C@@H](C)NC(=O)/C=C/c2c(Cl)nc3ccccn23)cc1OCC. The standard InChI is InChI=1S/C22H24ClN3O3/c1-4-28-18-11-9-16(14-19(18)29-5-2)15(3)24-21(27)12-10-17-22(23)25-20-8-6-7-13-26(17)20/h6-15H,4-5H2,1-3H3,(H,24,27)/b12-10+/t15-/m1/s1. The van der Waals surface area contributed by atoms with Crippen molar-refractivity contribution in [3.63, 3.8) is 0 Å². The number of fused-ring (bicyclic) bond motifs is 1. The van der Waals surface area contributed by atoms with E-state index in [4.69, 9.17) is 21.1 Å². The number of carbonyl (C=O) groups excluding carboxylic acids is 1. The quantitative estimate of drug-likeness (QED) is 0.545. The molecule has 0 bridgehead atoms. The van der Waals surface area contributed by atoms with Gasteiger partial charge in [-0.05, 0) is 56.7 Å². The predicted octanol–water partition coefficient (Wildman–Crippen LogP) is 4.68. The van der Waals surface area contributed by atoms with Crippen molar-refractivity contribution in [3.05, 3.63) is 65.1 Å². The molecular formula is C22H24ClN3O3. The second kappa shape index (κ2) is 9.47. The summed E-state index contributed by atoms with van der Waals surface area (Å²) in [6.07, 6.45) is 4.97. The highest BCUT2D eigenvalue weighted by Gasteiger charge is 2.13. The molecule has 7 heteroatoms. The van der Waals surface area contributed by atoms with Crippen molar-refractivity contribution < 1.29 is 14.3 Å². The van der Waals surface area contributed by atoms with Crippen molar-refractivity contribution in [1.29, 1.82) is 0 Å². The van der Waals surface area contributed by atoms with Crippen molar-refractivity contribution in [1.82, 2.24) is 14.7 Å². The normalized spacial score (nSPS) is 12.3. The maximum Gasteiger partial charge on any atom is 0.244 e. The maximum absolute atomic E-state index is 12.4. The van der Waals surface area contributed by atoms with Crippen LogP contribution in [0.15, 0.2) is 48.7 Å². The smallest absolute Gasteiger partial charge is 0.244 e. The van der Waals surface area contributed by atoms with E-state index in [1.807, 2.05) is 67.8 Å². The monoisotopic (exact) mass is 413 g/mol. The first-order valence-electron chi connectivity index (χ1n) is 9.54. The van der Waals surface area contributed by atoms with Crippen LogP contribution >= 0.6 is 11.6 Å². The van der Waals surface area contributed by atoms with E-state index in [0.29, 0.717) is 35.6 Å². The van der Waals surface area contributed by atoms with Crippen LogP contribution in [0, 0.1) is 0 Å². The zero-order chi connectivity index (χ0) is 20.8. The van der Waals surface area contributed by atoms with Crippen molar-refractivity contribution in [3.8, 4) is 11.5 Å². The Hall–Kier alpha value is -2.99. The molecule has 2 aromatic heterocycles. The minimum absolute atomic E-state index is 0.209. The van der Waals surface area contributed by atoms with Crippen molar-refractivity contribution >= 4 is 29.2 Å². The van der Waals surface area contributed by atoms with Gasteiger partial charge in [-0.2, -0.15) is 0 Å². The van der Waals surface area contributed by atoms with E-state index in [2.05, 4.69) is 10.3 Å². The Morgan fingerprint density at radius 3 is 2.72 bits per heavy atom. The van der Waals surface area contributed by atoms with Crippen molar-refractivity contribution in [2.75, 3.05) is 13.2 Å². The van der Waals surface area contributed by atoms with E-state index >= 15 is 0 Å². The molecule has 0 aliphatic rings. The number of benzene rings is 1. The van der Waals surface area contributed by atoms with Crippen LogP contribution < -0.4 is 14.8 Å². The van der Waals surface area contributed by atoms with Gasteiger partial charge in [0, 0.05) is 12.3 Å². The Morgan fingerprint density at radius 2 is 1.97 bits per heavy atom. The molecule has 2 heterocycles. The van der Waals surface area contributed by atoms with Crippen LogP contribution in [0.4, 0.5) is 0 Å². The van der Waals surface area contributed by atoms with E-state index in [0.717, 1.165) is 11.2 Å². The zero-order valence-corrected chi connectivity index (χ0v) is 17.4. The summed E-state index contributed by atoms with van der Waals surface area (Å²) in [5.74, 6) is 1.13. The summed E-state index contributed by atoms with van der Waals surface area (Å²) in [4.78, 5) is 16.7. The van der Waals surface area contributed by atoms with Crippen LogP contribution in [-0.2, 0) is 4.79 Å². The van der Waals surface area contributed by atoms with Crippen molar-refractivity contribution in [2.45, 2.75) is 26.8 Å². The number of amides is 1. The summed E-state index contributed by atoms with van der Waals surface area (Å²) in [6, 6.07) is 11.1. The van der Waals surface area contributed by atoms with Gasteiger partial charge in [0.15, 0.2) is 16.7 Å². The number of nitrogens with one attached hydrogen (secondary N) is 1. The number of imidazole rings is 1. The lowest BCUT2D eigenvalue weighted by molar-refractivity contribution is -0.117. The van der Waals surface area contributed by atoms with Crippen LogP contribution in [0.5, 0.6) is 11.5 Å². The topological polar surface area (TPSA) is 64.9 Å². The third-order valence-electron chi connectivity index (χ3n) is 4.34. The molecule has 3 aromatic rings. The summed E-state index contributed by atoms with van der Waals surface area (Å²) in [5.41, 5.74) is 2.31. The van der Waals surface area contributed by atoms with Crippen molar-refractivity contribution in [2.24, 2.45) is 0 Å². The van der Waals surface area contributed by atoms with E-state index in [9.17, 15) is 4.79 Å². The van der Waals surface area contributed by atoms with Gasteiger partial charge >= 0.3 is 0 Å². The van der Waals surface area contributed by atoms with Crippen LogP contribution in [0.1, 0.15) is 38.1 Å². The Labute approximate surface area is 175 Å². The minimum Gasteiger partial charge on any atom is -0.490 e. The Bertz CT molecular complexity index is 1030. The highest BCUT2D eigenvalue weighted by Crippen LogP contribution is 2.30. The number of carbonyl (C=O) groups is 1. The second-order valence-electron chi connectivity index (χ2n) is 6.35. The number of aromatic nitrogens is 2. The first-order chi connectivity index (χ1) is 14.0. The largest absolute Gasteiger partial charge is 0.490 e.